The number of halogens is 1. The van der Waals surface area contributed by atoms with Crippen LogP contribution in [0.4, 0.5) is 0 Å². The predicted molar refractivity (Wildman–Crippen MR) is 76.9 cm³/mol. The molecule has 0 aliphatic carbocycles. The summed E-state index contributed by atoms with van der Waals surface area (Å²) in [5, 5.41) is 4.39. The minimum Gasteiger partial charge on any atom is -0.496 e. The first-order valence-electron chi connectivity index (χ1n) is 5.88. The van der Waals surface area contributed by atoms with Gasteiger partial charge in [0, 0.05) is 5.69 Å². The molecule has 0 atom stereocenters. The van der Waals surface area contributed by atoms with E-state index >= 15 is 0 Å². The van der Waals surface area contributed by atoms with Gasteiger partial charge in [0.15, 0.2) is 6.29 Å². The van der Waals surface area contributed by atoms with Crippen LogP contribution in [-0.4, -0.2) is 23.2 Å². The number of hydrogen-bond donors (Lipinski definition) is 0. The second-order valence-electron chi connectivity index (χ2n) is 4.33. The summed E-state index contributed by atoms with van der Waals surface area (Å²) < 4.78 is 7.95. The van der Waals surface area contributed by atoms with Gasteiger partial charge in [0.1, 0.15) is 5.75 Å². The number of aryl methyl sites for hydroxylation is 1. The molecular weight excluding hydrogens is 308 g/mol. The molecule has 1 heterocycles. The van der Waals surface area contributed by atoms with Gasteiger partial charge in [-0.1, -0.05) is 6.07 Å². The van der Waals surface area contributed by atoms with E-state index in [4.69, 9.17) is 4.74 Å². The monoisotopic (exact) mass is 322 g/mol. The van der Waals surface area contributed by atoms with Gasteiger partial charge in [-0.25, -0.2) is 0 Å². The van der Waals surface area contributed by atoms with Gasteiger partial charge in [-0.2, -0.15) is 5.10 Å². The highest BCUT2D eigenvalue weighted by molar-refractivity contribution is 9.10. The Morgan fingerprint density at radius 1 is 1.42 bits per heavy atom. The van der Waals surface area contributed by atoms with Crippen LogP contribution in [0.5, 0.6) is 5.75 Å². The molecule has 0 aliphatic heterocycles. The second kappa shape index (κ2) is 5.57. The van der Waals surface area contributed by atoms with Crippen LogP contribution < -0.4 is 4.74 Å². The fourth-order valence-corrected chi connectivity index (χ4v) is 2.60. The van der Waals surface area contributed by atoms with Crippen molar-refractivity contribution in [3.63, 3.8) is 0 Å². The highest BCUT2D eigenvalue weighted by atomic mass is 79.9. The molecule has 0 amide bonds. The average molecular weight is 323 g/mol. The number of carbonyl (C=O) groups is 1. The van der Waals surface area contributed by atoms with Crippen molar-refractivity contribution in [1.29, 1.82) is 0 Å². The van der Waals surface area contributed by atoms with E-state index in [1.807, 2.05) is 36.7 Å². The van der Waals surface area contributed by atoms with E-state index in [2.05, 4.69) is 21.0 Å². The van der Waals surface area contributed by atoms with E-state index in [1.54, 1.807) is 7.11 Å². The minimum atomic E-state index is 0.628. The number of benzene rings is 1. The van der Waals surface area contributed by atoms with Gasteiger partial charge in [-0.05, 0) is 47.5 Å². The van der Waals surface area contributed by atoms with Crippen molar-refractivity contribution in [2.75, 3.05) is 7.11 Å². The summed E-state index contributed by atoms with van der Waals surface area (Å²) in [4.78, 5) is 11.0. The van der Waals surface area contributed by atoms with Crippen LogP contribution >= 0.6 is 15.9 Å². The molecule has 0 aliphatic rings. The van der Waals surface area contributed by atoms with Crippen LogP contribution in [0.15, 0.2) is 22.7 Å². The Morgan fingerprint density at radius 3 is 2.68 bits per heavy atom. The van der Waals surface area contributed by atoms with E-state index in [1.165, 1.54) is 0 Å². The van der Waals surface area contributed by atoms with E-state index in [-0.39, 0.29) is 0 Å². The molecule has 0 N–H and O–H groups in total. The summed E-state index contributed by atoms with van der Waals surface area (Å²) in [5.41, 5.74) is 3.42. The molecule has 19 heavy (non-hydrogen) atoms. The zero-order valence-corrected chi connectivity index (χ0v) is 12.7. The predicted octanol–water partition coefficient (Wildman–Crippen LogP) is 3.13. The number of carbonyl (C=O) groups excluding carboxylic acids is 1. The number of hydrogen-bond acceptors (Lipinski definition) is 3. The summed E-state index contributed by atoms with van der Waals surface area (Å²) in [5.74, 6) is 0.797. The zero-order valence-electron chi connectivity index (χ0n) is 11.1. The molecule has 5 heteroatoms. The molecule has 0 radical (unpaired) electrons. The van der Waals surface area contributed by atoms with Crippen molar-refractivity contribution in [2.24, 2.45) is 0 Å². The SMILES string of the molecule is COc1ccc(Cn2nc(C)c(C=O)c2C)cc1Br. The third kappa shape index (κ3) is 2.71. The molecule has 0 fully saturated rings. The van der Waals surface area contributed by atoms with Gasteiger partial charge in [0.2, 0.25) is 0 Å². The first-order valence-corrected chi connectivity index (χ1v) is 6.67. The van der Waals surface area contributed by atoms with Crippen molar-refractivity contribution >= 4 is 22.2 Å². The number of ether oxygens (including phenoxy) is 1. The van der Waals surface area contributed by atoms with Crippen LogP contribution in [-0.2, 0) is 6.54 Å². The topological polar surface area (TPSA) is 44.1 Å². The lowest BCUT2D eigenvalue weighted by Gasteiger charge is -2.08. The highest BCUT2D eigenvalue weighted by Gasteiger charge is 2.11. The van der Waals surface area contributed by atoms with Crippen LogP contribution in [0.2, 0.25) is 0 Å². The molecule has 0 bridgehead atoms. The largest absolute Gasteiger partial charge is 0.496 e. The van der Waals surface area contributed by atoms with Crippen molar-refractivity contribution < 1.29 is 9.53 Å². The normalized spacial score (nSPS) is 10.5. The summed E-state index contributed by atoms with van der Waals surface area (Å²) in [6.07, 6.45) is 0.859. The molecule has 0 saturated heterocycles. The van der Waals surface area contributed by atoms with Gasteiger partial charge in [0.25, 0.3) is 0 Å². The average Bonchev–Trinajstić information content (AvgIpc) is 2.64. The Bertz CT molecular complexity index is 620. The Labute approximate surface area is 120 Å². The molecule has 2 rings (SSSR count). The van der Waals surface area contributed by atoms with Crippen molar-refractivity contribution in [2.45, 2.75) is 20.4 Å². The van der Waals surface area contributed by atoms with E-state index in [0.29, 0.717) is 12.1 Å². The Hall–Kier alpha value is -1.62. The van der Waals surface area contributed by atoms with Crippen LogP contribution in [0.3, 0.4) is 0 Å². The molecule has 0 saturated carbocycles. The van der Waals surface area contributed by atoms with E-state index < -0.39 is 0 Å². The van der Waals surface area contributed by atoms with Crippen LogP contribution in [0.1, 0.15) is 27.3 Å². The van der Waals surface area contributed by atoms with Crippen LogP contribution in [0, 0.1) is 13.8 Å². The van der Waals surface area contributed by atoms with E-state index in [9.17, 15) is 4.79 Å². The Morgan fingerprint density at radius 2 is 2.16 bits per heavy atom. The molecule has 0 unspecified atom stereocenters. The number of nitrogens with zero attached hydrogens (tertiary/aromatic N) is 2. The van der Waals surface area contributed by atoms with Crippen LogP contribution in [0.25, 0.3) is 0 Å². The molecular formula is C14H15BrN2O2. The Kier molecular flexibility index (Phi) is 4.04. The smallest absolute Gasteiger partial charge is 0.153 e. The molecule has 1 aromatic carbocycles. The highest BCUT2D eigenvalue weighted by Crippen LogP contribution is 2.26. The lowest BCUT2D eigenvalue weighted by molar-refractivity contribution is 0.112. The maximum atomic E-state index is 11.0. The quantitative estimate of drug-likeness (QED) is 0.812. The zero-order chi connectivity index (χ0) is 14.0. The Balaban J connectivity index is 2.31. The summed E-state index contributed by atoms with van der Waals surface area (Å²) in [7, 11) is 1.64. The molecule has 2 aromatic rings. The van der Waals surface area contributed by atoms with Crippen molar-refractivity contribution in [1.82, 2.24) is 9.78 Å². The second-order valence-corrected chi connectivity index (χ2v) is 5.18. The first kappa shape index (κ1) is 13.8. The van der Waals surface area contributed by atoms with Crippen molar-refractivity contribution in [3.8, 4) is 5.75 Å². The number of aldehydes is 1. The third-order valence-corrected chi connectivity index (χ3v) is 3.72. The molecule has 4 nitrogen and oxygen atoms in total. The van der Waals surface area contributed by atoms with E-state index in [0.717, 1.165) is 33.5 Å². The molecule has 1 aromatic heterocycles. The van der Waals surface area contributed by atoms with Gasteiger partial charge in [0.05, 0.1) is 29.4 Å². The third-order valence-electron chi connectivity index (χ3n) is 3.10. The van der Waals surface area contributed by atoms with Gasteiger partial charge in [-0.15, -0.1) is 0 Å². The fraction of sp³-hybridized carbons (Fsp3) is 0.286. The maximum Gasteiger partial charge on any atom is 0.153 e. The lowest BCUT2D eigenvalue weighted by atomic mass is 10.2. The van der Waals surface area contributed by atoms with Crippen molar-refractivity contribution in [3.05, 3.63) is 45.2 Å². The van der Waals surface area contributed by atoms with Gasteiger partial charge >= 0.3 is 0 Å². The lowest BCUT2D eigenvalue weighted by Crippen LogP contribution is -2.04. The van der Waals surface area contributed by atoms with Gasteiger partial charge < -0.3 is 4.74 Å². The molecule has 100 valence electrons. The summed E-state index contributed by atoms with van der Waals surface area (Å²) in [6.45, 7) is 4.38. The summed E-state index contributed by atoms with van der Waals surface area (Å²) >= 11 is 3.46. The standard InChI is InChI=1S/C14H15BrN2O2/c1-9-12(8-18)10(2)17(16-9)7-11-4-5-14(19-3)13(15)6-11/h4-6,8H,7H2,1-3H3. The first-order chi connectivity index (χ1) is 9.06. The number of rotatable bonds is 4. The fourth-order valence-electron chi connectivity index (χ4n) is 2.02. The maximum absolute atomic E-state index is 11.0. The van der Waals surface area contributed by atoms with Gasteiger partial charge in [-0.3, -0.25) is 9.48 Å². The molecule has 0 spiro atoms. The summed E-state index contributed by atoms with van der Waals surface area (Å²) in [6, 6.07) is 5.89. The number of methoxy groups -OCH3 is 1. The number of aromatic nitrogens is 2. The minimum absolute atomic E-state index is 0.628.